The molecular formula is C38H25BF3N3. The van der Waals surface area contributed by atoms with Crippen LogP contribution >= 0.6 is 0 Å². The van der Waals surface area contributed by atoms with Crippen LogP contribution in [0.15, 0.2) is 115 Å². The van der Waals surface area contributed by atoms with Gasteiger partial charge in [-0.05, 0) is 64.9 Å². The highest BCUT2D eigenvalue weighted by Gasteiger charge is 2.56. The monoisotopic (exact) mass is 604 g/mol. The molecule has 5 aromatic carbocycles. The van der Waals surface area contributed by atoms with Crippen LogP contribution in [-0.2, 0) is 11.6 Å². The van der Waals surface area contributed by atoms with Crippen LogP contribution < -0.4 is 26.3 Å². The standard InChI is InChI=1S/C38H25BF3N3/c1-37(2)26-17-10-9-16-25(26)34-31(37)35-36-39-32-27(18-11-19-28(32)45(34)36)43(23-12-5-3-6-13-23)29-20-22(38(40,41)42)21-30(33(29)39)44(35)24-14-7-4-8-15-24/h3-21H,1-2H3/i3D,4D,5D,6D,7D,8D,11D,12D,13D,14D,15D,18D,19D. The van der Waals surface area contributed by atoms with Gasteiger partial charge in [0.15, 0.2) is 0 Å². The van der Waals surface area contributed by atoms with Gasteiger partial charge in [-0.25, -0.2) is 0 Å². The molecule has 4 aliphatic rings. The second-order valence-corrected chi connectivity index (χ2v) is 11.9. The summed E-state index contributed by atoms with van der Waals surface area (Å²) in [5.41, 5.74) is -0.809. The van der Waals surface area contributed by atoms with Crippen molar-refractivity contribution in [2.24, 2.45) is 0 Å². The van der Waals surface area contributed by atoms with Gasteiger partial charge in [0.25, 0.3) is 6.71 Å². The molecule has 0 spiro atoms. The fourth-order valence-electron chi connectivity index (χ4n) is 7.83. The first-order chi connectivity index (χ1) is 27.2. The van der Waals surface area contributed by atoms with Gasteiger partial charge in [0, 0.05) is 56.3 Å². The van der Waals surface area contributed by atoms with E-state index in [4.69, 9.17) is 15.1 Å². The maximum Gasteiger partial charge on any atom is 0.416 e. The zero-order valence-electron chi connectivity index (χ0n) is 36.5. The second kappa shape index (κ2) is 8.10. The molecule has 4 heterocycles. The van der Waals surface area contributed by atoms with Crippen LogP contribution in [-0.4, -0.2) is 11.3 Å². The molecule has 7 heteroatoms. The summed E-state index contributed by atoms with van der Waals surface area (Å²) < 4.78 is 163. The first-order valence-corrected chi connectivity index (χ1v) is 14.2. The van der Waals surface area contributed by atoms with Gasteiger partial charge in [-0.3, -0.25) is 0 Å². The molecule has 0 fully saturated rings. The normalized spacial score (nSPS) is 19.8. The predicted octanol–water partition coefficient (Wildman–Crippen LogP) is 8.20. The van der Waals surface area contributed by atoms with Gasteiger partial charge in [-0.2, -0.15) is 13.2 Å². The molecule has 0 bridgehead atoms. The molecular weight excluding hydrogens is 566 g/mol. The zero-order valence-corrected chi connectivity index (χ0v) is 23.5. The average Bonchev–Trinajstić information content (AvgIpc) is 3.79. The molecule has 3 nitrogen and oxygen atoms in total. The van der Waals surface area contributed by atoms with Gasteiger partial charge in [0.2, 0.25) is 0 Å². The fourth-order valence-corrected chi connectivity index (χ4v) is 7.83. The first-order valence-electron chi connectivity index (χ1n) is 20.7. The molecule has 6 aromatic rings. The van der Waals surface area contributed by atoms with Crippen molar-refractivity contribution >= 4 is 57.4 Å². The summed E-state index contributed by atoms with van der Waals surface area (Å²) >= 11 is 0. The minimum absolute atomic E-state index is 0.0467. The Morgan fingerprint density at radius 2 is 1.31 bits per heavy atom. The third-order valence-corrected chi connectivity index (χ3v) is 9.42. The third-order valence-electron chi connectivity index (χ3n) is 9.42. The van der Waals surface area contributed by atoms with Gasteiger partial charge in [-0.1, -0.05) is 80.4 Å². The van der Waals surface area contributed by atoms with Gasteiger partial charge < -0.3 is 14.4 Å². The van der Waals surface area contributed by atoms with Crippen molar-refractivity contribution in [3.63, 3.8) is 0 Å². The molecule has 0 radical (unpaired) electrons. The van der Waals surface area contributed by atoms with E-state index in [0.29, 0.717) is 22.4 Å². The Labute approximate surface area is 277 Å². The van der Waals surface area contributed by atoms with E-state index in [1.807, 2.05) is 32.0 Å². The lowest BCUT2D eigenvalue weighted by Gasteiger charge is -2.43. The van der Waals surface area contributed by atoms with Crippen molar-refractivity contribution in [2.45, 2.75) is 25.4 Å². The largest absolute Gasteiger partial charge is 0.416 e. The smallest absolute Gasteiger partial charge is 0.320 e. The van der Waals surface area contributed by atoms with Crippen molar-refractivity contribution in [3.8, 4) is 16.9 Å². The molecule has 10 rings (SSSR count). The van der Waals surface area contributed by atoms with Gasteiger partial charge in [0.1, 0.15) is 0 Å². The van der Waals surface area contributed by atoms with Crippen molar-refractivity contribution in [3.05, 3.63) is 132 Å². The summed E-state index contributed by atoms with van der Waals surface area (Å²) in [6.07, 6.45) is -5.09. The van der Waals surface area contributed by atoms with E-state index in [-0.39, 0.29) is 39.4 Å². The van der Waals surface area contributed by atoms with E-state index in [1.54, 1.807) is 10.6 Å². The van der Waals surface area contributed by atoms with Gasteiger partial charge >= 0.3 is 6.18 Å². The predicted molar refractivity (Wildman–Crippen MR) is 176 cm³/mol. The number of aromatic nitrogens is 1. The van der Waals surface area contributed by atoms with Crippen LogP contribution in [0.2, 0.25) is 0 Å². The lowest BCUT2D eigenvalue weighted by Crippen LogP contribution is -2.59. The van der Waals surface area contributed by atoms with E-state index >= 15 is 13.2 Å². The van der Waals surface area contributed by atoms with E-state index in [1.165, 1.54) is 4.90 Å². The Morgan fingerprint density at radius 3 is 2.00 bits per heavy atom. The SMILES string of the molecule is [2H]c1c([2H])c([2H])c(N2c3cc(C(F)(F)F)cc4c3B3c5c2c([2H])c([2H])c([2H])c5-n2c3c(c3c2-c2ccccc2C3(C)C)N4c2c([2H])c([2H])c([2H])c([2H])c2[2H])c([2H])c1[2H]. The van der Waals surface area contributed by atoms with E-state index in [0.717, 1.165) is 22.6 Å². The number of rotatable bonds is 2. The third kappa shape index (κ3) is 2.94. The Hall–Kier alpha value is -5.17. The fraction of sp³-hybridized carbons (Fsp3) is 0.105. The van der Waals surface area contributed by atoms with E-state index in [2.05, 4.69) is 0 Å². The van der Waals surface area contributed by atoms with Crippen LogP contribution in [0.4, 0.5) is 47.3 Å². The number of nitrogens with zero attached hydrogens (tertiary/aromatic N) is 3. The van der Waals surface area contributed by atoms with Gasteiger partial charge in [-0.15, -0.1) is 0 Å². The number of anilines is 6. The second-order valence-electron chi connectivity index (χ2n) is 11.9. The van der Waals surface area contributed by atoms with Crippen molar-refractivity contribution in [1.82, 2.24) is 4.57 Å². The number of halogens is 3. The van der Waals surface area contributed by atoms with Crippen LogP contribution in [0, 0.1) is 0 Å². The lowest BCUT2D eigenvalue weighted by atomic mass is 9.36. The summed E-state index contributed by atoms with van der Waals surface area (Å²) in [4.78, 5) is 2.21. The highest BCUT2D eigenvalue weighted by Crippen LogP contribution is 2.58. The topological polar surface area (TPSA) is 11.4 Å². The molecule has 0 atom stereocenters. The molecule has 3 aliphatic heterocycles. The summed E-state index contributed by atoms with van der Waals surface area (Å²) in [6.45, 7) is 2.71. The number of alkyl halides is 3. The number of para-hydroxylation sites is 2. The van der Waals surface area contributed by atoms with Crippen LogP contribution in [0.25, 0.3) is 16.9 Å². The van der Waals surface area contributed by atoms with Crippen molar-refractivity contribution < 1.29 is 31.0 Å². The van der Waals surface area contributed by atoms with E-state index < -0.39 is 114 Å². The maximum atomic E-state index is 15.3. The highest BCUT2D eigenvalue weighted by atomic mass is 19.4. The number of hydrogen-bond acceptors (Lipinski definition) is 2. The summed E-state index contributed by atoms with van der Waals surface area (Å²) in [5.74, 6) is 0. The molecule has 216 valence electrons. The Balaban J connectivity index is 1.51. The molecule has 0 N–H and O–H groups in total. The molecule has 1 aliphatic carbocycles. The van der Waals surface area contributed by atoms with Crippen molar-refractivity contribution in [2.75, 3.05) is 9.80 Å². The summed E-state index contributed by atoms with van der Waals surface area (Å²) in [7, 11) is 0. The maximum absolute atomic E-state index is 15.3. The lowest BCUT2D eigenvalue weighted by molar-refractivity contribution is -0.137. The minimum Gasteiger partial charge on any atom is -0.320 e. The Bertz CT molecular complexity index is 2940. The molecule has 1 aromatic heterocycles. The van der Waals surface area contributed by atoms with Gasteiger partial charge in [0.05, 0.1) is 34.8 Å². The number of benzene rings is 5. The molecule has 0 unspecified atom stereocenters. The van der Waals surface area contributed by atoms with Crippen LogP contribution in [0.5, 0.6) is 0 Å². The van der Waals surface area contributed by atoms with E-state index in [9.17, 15) is 2.74 Å². The van der Waals surface area contributed by atoms with Crippen molar-refractivity contribution in [1.29, 1.82) is 0 Å². The minimum atomic E-state index is -5.09. The highest BCUT2D eigenvalue weighted by molar-refractivity contribution is 7.02. The summed E-state index contributed by atoms with van der Waals surface area (Å²) in [5, 5.41) is 0. The molecule has 0 saturated carbocycles. The Kier molecular flexibility index (Phi) is 2.83. The molecule has 0 saturated heterocycles. The Morgan fingerprint density at radius 1 is 0.711 bits per heavy atom. The zero-order chi connectivity index (χ0) is 41.7. The number of fused-ring (bicyclic) bond motifs is 6. The summed E-state index contributed by atoms with van der Waals surface area (Å²) in [6, 6.07) is -0.443. The number of hydrogen-bond donors (Lipinski definition) is 0. The van der Waals surface area contributed by atoms with Crippen LogP contribution in [0.3, 0.4) is 0 Å². The molecule has 45 heavy (non-hydrogen) atoms. The average molecular weight is 605 g/mol. The van der Waals surface area contributed by atoms with Crippen LogP contribution in [0.1, 0.15) is 48.4 Å². The quantitative estimate of drug-likeness (QED) is 0.184. The molecule has 0 amide bonds. The first kappa shape index (κ1) is 15.7.